The van der Waals surface area contributed by atoms with Gasteiger partial charge < -0.3 is 14.2 Å². The van der Waals surface area contributed by atoms with E-state index in [9.17, 15) is 13.5 Å². The van der Waals surface area contributed by atoms with Crippen LogP contribution in [0.5, 0.6) is 5.75 Å². The fourth-order valence-electron chi connectivity index (χ4n) is 5.40. The van der Waals surface area contributed by atoms with Crippen molar-refractivity contribution in [3.8, 4) is 5.75 Å². The number of piperazine rings is 1. The van der Waals surface area contributed by atoms with Gasteiger partial charge in [-0.1, -0.05) is 54.6 Å². The third-order valence-electron chi connectivity index (χ3n) is 7.86. The molecule has 1 heterocycles. The van der Waals surface area contributed by atoms with Crippen molar-refractivity contribution in [2.45, 2.75) is 50.8 Å². The van der Waals surface area contributed by atoms with E-state index in [4.69, 9.17) is 4.18 Å². The first-order valence-electron chi connectivity index (χ1n) is 14.4. The molecule has 1 aliphatic carbocycles. The Kier molecular flexibility index (Phi) is 12.3. The van der Waals surface area contributed by atoms with Crippen LogP contribution >= 0.6 is 24.8 Å². The van der Waals surface area contributed by atoms with Crippen LogP contribution in [0.2, 0.25) is 0 Å². The van der Waals surface area contributed by atoms with Crippen LogP contribution in [0.3, 0.4) is 0 Å². The molecule has 0 radical (unpaired) electrons. The molecule has 1 saturated heterocycles. The molecule has 1 N–H and O–H groups in total. The SMILES string of the molecule is CC(C)N1CCN(c2ccc(/C(=C(/CCCO)c3ccccc3)c3ccc(OS(=O)(=O)C4CC4)cc3)cc2)CC1.Cl.Cl. The van der Waals surface area contributed by atoms with E-state index >= 15 is 0 Å². The Labute approximate surface area is 263 Å². The number of aliphatic hydroxyl groups is 1. The topological polar surface area (TPSA) is 70.1 Å². The van der Waals surface area contributed by atoms with Gasteiger partial charge in [0.05, 0.1) is 5.25 Å². The summed E-state index contributed by atoms with van der Waals surface area (Å²) in [5.41, 5.74) is 6.61. The van der Waals surface area contributed by atoms with Crippen molar-refractivity contribution < 1.29 is 17.7 Å². The van der Waals surface area contributed by atoms with E-state index < -0.39 is 10.1 Å². The van der Waals surface area contributed by atoms with Crippen LogP contribution in [-0.4, -0.2) is 62.5 Å². The summed E-state index contributed by atoms with van der Waals surface area (Å²) < 4.78 is 30.1. The first kappa shape index (κ1) is 33.9. The van der Waals surface area contributed by atoms with Crippen LogP contribution in [-0.2, 0) is 10.1 Å². The van der Waals surface area contributed by atoms with Gasteiger partial charge in [0.1, 0.15) is 5.75 Å². The molecule has 9 heteroatoms. The predicted octanol–water partition coefficient (Wildman–Crippen LogP) is 6.66. The number of hydrogen-bond donors (Lipinski definition) is 1. The second-order valence-electron chi connectivity index (χ2n) is 11.0. The van der Waals surface area contributed by atoms with Crippen LogP contribution in [0.4, 0.5) is 5.69 Å². The maximum atomic E-state index is 12.4. The molecule has 3 aromatic rings. The zero-order valence-electron chi connectivity index (χ0n) is 24.3. The molecule has 2 fully saturated rings. The summed E-state index contributed by atoms with van der Waals surface area (Å²) in [6.45, 7) is 8.77. The zero-order valence-corrected chi connectivity index (χ0v) is 26.8. The first-order chi connectivity index (χ1) is 19.4. The van der Waals surface area contributed by atoms with Gasteiger partial charge in [-0.3, -0.25) is 4.90 Å². The van der Waals surface area contributed by atoms with Crippen molar-refractivity contribution in [2.24, 2.45) is 0 Å². The highest BCUT2D eigenvalue weighted by molar-refractivity contribution is 7.88. The van der Waals surface area contributed by atoms with E-state index in [-0.39, 0.29) is 36.7 Å². The molecule has 0 aromatic heterocycles. The fraction of sp³-hybridized carbons (Fsp3) is 0.394. The minimum Gasteiger partial charge on any atom is -0.396 e. The maximum Gasteiger partial charge on any atom is 0.312 e. The quantitative estimate of drug-likeness (QED) is 0.188. The highest BCUT2D eigenvalue weighted by Gasteiger charge is 2.37. The van der Waals surface area contributed by atoms with Gasteiger partial charge in [-0.25, -0.2) is 0 Å². The molecular weight excluding hydrogens is 591 g/mol. The Hall–Kier alpha value is -2.55. The number of benzene rings is 3. The summed E-state index contributed by atoms with van der Waals surface area (Å²) in [7, 11) is -3.57. The lowest BCUT2D eigenvalue weighted by Gasteiger charge is -2.38. The van der Waals surface area contributed by atoms with Crippen LogP contribution < -0.4 is 9.08 Å². The highest BCUT2D eigenvalue weighted by Crippen LogP contribution is 2.37. The van der Waals surface area contributed by atoms with Crippen LogP contribution in [0.15, 0.2) is 78.9 Å². The average molecular weight is 634 g/mol. The average Bonchev–Trinajstić information content (AvgIpc) is 3.83. The van der Waals surface area contributed by atoms with Crippen molar-refractivity contribution in [3.05, 3.63) is 95.6 Å². The number of rotatable bonds is 11. The normalized spacial score (nSPS) is 16.3. The minimum absolute atomic E-state index is 0. The van der Waals surface area contributed by atoms with E-state index in [2.05, 4.69) is 60.0 Å². The standard InChI is InChI=1S/C33H40N2O4S.2ClH/c1-25(2)34-20-22-35(23-21-34)29-14-10-27(11-15-29)33(32(9-6-24-36)26-7-4-3-5-8-26)28-12-16-30(17-13-28)39-40(37,38)31-18-19-31;;/h3-5,7-8,10-17,25,31,36H,6,9,18-24H2,1-2H3;2*1H/b33-32+;;. The molecule has 1 saturated carbocycles. The van der Waals surface area contributed by atoms with E-state index in [0.29, 0.717) is 37.5 Å². The number of allylic oxidation sites excluding steroid dienone is 1. The second-order valence-corrected chi connectivity index (χ2v) is 12.8. The van der Waals surface area contributed by atoms with Crippen molar-refractivity contribution in [3.63, 3.8) is 0 Å². The van der Waals surface area contributed by atoms with Gasteiger partial charge in [-0.2, -0.15) is 8.42 Å². The summed E-state index contributed by atoms with van der Waals surface area (Å²) in [5.74, 6) is 0.336. The van der Waals surface area contributed by atoms with Gasteiger partial charge in [0.25, 0.3) is 0 Å². The van der Waals surface area contributed by atoms with Gasteiger partial charge >= 0.3 is 10.1 Å². The molecule has 3 aromatic carbocycles. The van der Waals surface area contributed by atoms with Crippen LogP contribution in [0.1, 0.15) is 56.2 Å². The summed E-state index contributed by atoms with van der Waals surface area (Å²) in [6.07, 6.45) is 2.69. The summed E-state index contributed by atoms with van der Waals surface area (Å²) in [6, 6.07) is 27.0. The van der Waals surface area contributed by atoms with Gasteiger partial charge in [-0.05, 0) is 91.6 Å². The molecule has 42 heavy (non-hydrogen) atoms. The van der Waals surface area contributed by atoms with Gasteiger partial charge in [0, 0.05) is 44.5 Å². The van der Waals surface area contributed by atoms with Gasteiger partial charge in [0.2, 0.25) is 0 Å². The third-order valence-corrected chi connectivity index (χ3v) is 9.58. The fourth-order valence-corrected chi connectivity index (χ4v) is 6.62. The third kappa shape index (κ3) is 8.29. The minimum atomic E-state index is -3.57. The van der Waals surface area contributed by atoms with Crippen LogP contribution in [0.25, 0.3) is 11.1 Å². The summed E-state index contributed by atoms with van der Waals surface area (Å²) in [4.78, 5) is 4.96. The van der Waals surface area contributed by atoms with Crippen molar-refractivity contribution in [1.82, 2.24) is 4.90 Å². The Bertz CT molecular complexity index is 1400. The molecule has 228 valence electrons. The molecular formula is C33H42Cl2N2O4S. The molecule has 6 nitrogen and oxygen atoms in total. The van der Waals surface area contributed by atoms with Crippen molar-refractivity contribution in [2.75, 3.05) is 37.7 Å². The summed E-state index contributed by atoms with van der Waals surface area (Å²) in [5, 5.41) is 9.33. The Morgan fingerprint density at radius 1 is 0.833 bits per heavy atom. The Morgan fingerprint density at radius 3 is 1.93 bits per heavy atom. The number of anilines is 1. The van der Waals surface area contributed by atoms with Gasteiger partial charge in [-0.15, -0.1) is 24.8 Å². The molecule has 0 atom stereocenters. The van der Waals surface area contributed by atoms with Gasteiger partial charge in [0.15, 0.2) is 0 Å². The maximum absolute atomic E-state index is 12.4. The molecule has 0 amide bonds. The monoisotopic (exact) mass is 632 g/mol. The predicted molar refractivity (Wildman–Crippen MR) is 178 cm³/mol. The van der Waals surface area contributed by atoms with Crippen LogP contribution in [0, 0.1) is 0 Å². The van der Waals surface area contributed by atoms with E-state index in [1.54, 1.807) is 12.1 Å². The van der Waals surface area contributed by atoms with Crippen molar-refractivity contribution in [1.29, 1.82) is 0 Å². The smallest absolute Gasteiger partial charge is 0.312 e. The highest BCUT2D eigenvalue weighted by atomic mass is 35.5. The molecule has 5 rings (SSSR count). The summed E-state index contributed by atoms with van der Waals surface area (Å²) >= 11 is 0. The Balaban J connectivity index is 0.00000242. The lowest BCUT2D eigenvalue weighted by molar-refractivity contribution is 0.209. The largest absolute Gasteiger partial charge is 0.396 e. The Morgan fingerprint density at radius 2 is 1.40 bits per heavy atom. The molecule has 0 bridgehead atoms. The number of aliphatic hydroxyl groups excluding tert-OH is 1. The van der Waals surface area contributed by atoms with Crippen molar-refractivity contribution >= 4 is 51.8 Å². The lowest BCUT2D eigenvalue weighted by Crippen LogP contribution is -2.48. The molecule has 1 aliphatic heterocycles. The number of nitrogens with zero attached hydrogens (tertiary/aromatic N) is 2. The molecule has 2 aliphatic rings. The van der Waals surface area contributed by atoms with E-state index in [0.717, 1.165) is 54.0 Å². The molecule has 0 unspecified atom stereocenters. The lowest BCUT2D eigenvalue weighted by atomic mass is 9.87. The van der Waals surface area contributed by atoms with E-state index in [1.165, 1.54) is 5.69 Å². The zero-order chi connectivity index (χ0) is 28.1. The second kappa shape index (κ2) is 15.3. The van der Waals surface area contributed by atoms with E-state index in [1.807, 2.05) is 30.3 Å². The number of halogens is 2. The molecule has 0 spiro atoms. The number of hydrogen-bond acceptors (Lipinski definition) is 6. The first-order valence-corrected chi connectivity index (χ1v) is 15.9.